The summed E-state index contributed by atoms with van der Waals surface area (Å²) in [6, 6.07) is 13.2. The molecule has 2 heterocycles. The Balaban J connectivity index is 1.56. The summed E-state index contributed by atoms with van der Waals surface area (Å²) in [6.45, 7) is 4.84. The van der Waals surface area contributed by atoms with Crippen LogP contribution in [-0.2, 0) is 13.1 Å². The molecule has 2 amide bonds. The third kappa shape index (κ3) is 4.86. The maximum absolute atomic E-state index is 12.3. The molecule has 3 rings (SSSR count). The van der Waals surface area contributed by atoms with Crippen LogP contribution in [0.25, 0.3) is 5.82 Å². The Morgan fingerprint density at radius 1 is 1.19 bits per heavy atom. The van der Waals surface area contributed by atoms with Crippen LogP contribution >= 0.6 is 11.6 Å². The Bertz CT molecular complexity index is 936. The molecule has 0 unspecified atom stereocenters. The van der Waals surface area contributed by atoms with E-state index in [-0.39, 0.29) is 6.03 Å². The summed E-state index contributed by atoms with van der Waals surface area (Å²) in [6.07, 6.45) is 1.75. The number of rotatable bonds is 5. The summed E-state index contributed by atoms with van der Waals surface area (Å²) in [5.74, 6) is 0.758. The second kappa shape index (κ2) is 8.22. The van der Waals surface area contributed by atoms with Crippen molar-refractivity contribution in [3.63, 3.8) is 0 Å². The number of hydrogen-bond donors (Lipinski definition) is 1. The highest BCUT2D eigenvalue weighted by Gasteiger charge is 2.10. The Labute approximate surface area is 163 Å². The van der Waals surface area contributed by atoms with Gasteiger partial charge in [0.1, 0.15) is 0 Å². The van der Waals surface area contributed by atoms with Gasteiger partial charge in [-0.25, -0.2) is 14.5 Å². The van der Waals surface area contributed by atoms with E-state index < -0.39 is 0 Å². The molecule has 1 aromatic carbocycles. The van der Waals surface area contributed by atoms with Gasteiger partial charge in [0.15, 0.2) is 5.82 Å². The van der Waals surface area contributed by atoms with Crippen molar-refractivity contribution >= 4 is 17.6 Å². The van der Waals surface area contributed by atoms with Crippen LogP contribution in [0.1, 0.15) is 22.5 Å². The smallest absolute Gasteiger partial charge is 0.317 e. The summed E-state index contributed by atoms with van der Waals surface area (Å²) in [5, 5.41) is 7.98. The number of urea groups is 1. The maximum Gasteiger partial charge on any atom is 0.317 e. The fourth-order valence-electron chi connectivity index (χ4n) is 2.80. The molecule has 0 aliphatic heterocycles. The number of carbonyl (C=O) groups is 1. The van der Waals surface area contributed by atoms with Crippen LogP contribution in [0.4, 0.5) is 4.79 Å². The lowest BCUT2D eigenvalue weighted by Gasteiger charge is -2.18. The quantitative estimate of drug-likeness (QED) is 0.727. The zero-order chi connectivity index (χ0) is 19.4. The van der Waals surface area contributed by atoms with Gasteiger partial charge >= 0.3 is 6.03 Å². The average Bonchev–Trinajstić information content (AvgIpc) is 2.98. The van der Waals surface area contributed by atoms with Gasteiger partial charge in [0.25, 0.3) is 0 Å². The first-order valence-electron chi connectivity index (χ1n) is 8.64. The molecular weight excluding hydrogens is 362 g/mol. The molecule has 0 saturated carbocycles. The van der Waals surface area contributed by atoms with E-state index in [1.54, 1.807) is 22.8 Å². The lowest BCUT2D eigenvalue weighted by Crippen LogP contribution is -2.36. The molecule has 0 radical (unpaired) electrons. The minimum atomic E-state index is -0.155. The van der Waals surface area contributed by atoms with E-state index in [2.05, 4.69) is 15.4 Å². The zero-order valence-corrected chi connectivity index (χ0v) is 16.4. The Morgan fingerprint density at radius 3 is 2.63 bits per heavy atom. The van der Waals surface area contributed by atoms with Gasteiger partial charge in [-0.3, -0.25) is 0 Å². The molecule has 1 N–H and O–H groups in total. The minimum Gasteiger partial charge on any atom is -0.334 e. The molecule has 0 saturated heterocycles. The minimum absolute atomic E-state index is 0.155. The van der Waals surface area contributed by atoms with Crippen LogP contribution in [0.15, 0.2) is 48.7 Å². The number of pyridine rings is 1. The highest BCUT2D eigenvalue weighted by Crippen LogP contribution is 2.13. The van der Waals surface area contributed by atoms with Gasteiger partial charge < -0.3 is 10.2 Å². The molecule has 0 fully saturated rings. The molecule has 2 aromatic heterocycles. The van der Waals surface area contributed by atoms with Crippen LogP contribution in [0.5, 0.6) is 0 Å². The van der Waals surface area contributed by atoms with E-state index in [1.165, 1.54) is 0 Å². The van der Waals surface area contributed by atoms with Crippen molar-refractivity contribution in [1.29, 1.82) is 0 Å². The van der Waals surface area contributed by atoms with Crippen molar-refractivity contribution in [2.24, 2.45) is 0 Å². The number of nitrogens with zero attached hydrogens (tertiary/aromatic N) is 4. The van der Waals surface area contributed by atoms with Crippen molar-refractivity contribution in [2.75, 3.05) is 7.05 Å². The predicted molar refractivity (Wildman–Crippen MR) is 106 cm³/mol. The normalized spacial score (nSPS) is 10.7. The second-order valence-electron chi connectivity index (χ2n) is 6.51. The topological polar surface area (TPSA) is 63.1 Å². The zero-order valence-electron chi connectivity index (χ0n) is 15.6. The first-order valence-corrected chi connectivity index (χ1v) is 9.02. The molecule has 27 heavy (non-hydrogen) atoms. The van der Waals surface area contributed by atoms with E-state index in [0.29, 0.717) is 18.1 Å². The lowest BCUT2D eigenvalue weighted by molar-refractivity contribution is 0.206. The molecular formula is C20H22ClN5O. The van der Waals surface area contributed by atoms with Crippen molar-refractivity contribution in [3.05, 3.63) is 76.2 Å². The molecule has 0 spiro atoms. The fourth-order valence-corrected chi connectivity index (χ4v) is 3.01. The number of carbonyl (C=O) groups excluding carboxylic acids is 1. The molecule has 7 heteroatoms. The first kappa shape index (κ1) is 18.9. The second-order valence-corrected chi connectivity index (χ2v) is 6.94. The summed E-state index contributed by atoms with van der Waals surface area (Å²) in [7, 11) is 1.75. The molecule has 0 bridgehead atoms. The SMILES string of the molecule is Cc1cc(C)n(-c2ccc(CNC(=O)N(C)Cc3cccc(Cl)c3)cn2)n1. The van der Waals surface area contributed by atoms with E-state index in [9.17, 15) is 4.79 Å². The number of aryl methyl sites for hydroxylation is 2. The monoisotopic (exact) mass is 383 g/mol. The van der Waals surface area contributed by atoms with Gasteiger partial charge in [0, 0.05) is 37.1 Å². The highest BCUT2D eigenvalue weighted by atomic mass is 35.5. The largest absolute Gasteiger partial charge is 0.334 e. The highest BCUT2D eigenvalue weighted by molar-refractivity contribution is 6.30. The van der Waals surface area contributed by atoms with E-state index in [1.807, 2.05) is 56.3 Å². The van der Waals surface area contributed by atoms with Crippen LogP contribution < -0.4 is 5.32 Å². The van der Waals surface area contributed by atoms with Crippen LogP contribution in [-0.4, -0.2) is 32.7 Å². The Hall–Kier alpha value is -2.86. The van der Waals surface area contributed by atoms with Gasteiger partial charge in [0.05, 0.1) is 5.69 Å². The predicted octanol–water partition coefficient (Wildman–Crippen LogP) is 3.88. The van der Waals surface area contributed by atoms with Crippen LogP contribution in [0.2, 0.25) is 5.02 Å². The van der Waals surface area contributed by atoms with Gasteiger partial charge in [-0.1, -0.05) is 29.8 Å². The first-order chi connectivity index (χ1) is 12.9. The molecule has 140 valence electrons. The van der Waals surface area contributed by atoms with Gasteiger partial charge in [-0.05, 0) is 49.2 Å². The summed E-state index contributed by atoms with van der Waals surface area (Å²) in [4.78, 5) is 18.3. The summed E-state index contributed by atoms with van der Waals surface area (Å²) < 4.78 is 1.80. The fraction of sp³-hybridized carbons (Fsp3) is 0.250. The van der Waals surface area contributed by atoms with E-state index >= 15 is 0 Å². The van der Waals surface area contributed by atoms with Crippen molar-refractivity contribution < 1.29 is 4.79 Å². The third-order valence-corrected chi connectivity index (χ3v) is 4.37. The summed E-state index contributed by atoms with van der Waals surface area (Å²) in [5.41, 5.74) is 3.89. The molecule has 0 aliphatic carbocycles. The van der Waals surface area contributed by atoms with Crippen molar-refractivity contribution in [3.8, 4) is 5.82 Å². The molecule has 6 nitrogen and oxygen atoms in total. The van der Waals surface area contributed by atoms with E-state index in [4.69, 9.17) is 11.6 Å². The van der Waals surface area contributed by atoms with Gasteiger partial charge in [-0.15, -0.1) is 0 Å². The molecule has 3 aromatic rings. The van der Waals surface area contributed by atoms with E-state index in [0.717, 1.165) is 28.3 Å². The molecule has 0 aliphatic rings. The Kier molecular flexibility index (Phi) is 5.76. The maximum atomic E-state index is 12.3. The van der Waals surface area contributed by atoms with Gasteiger partial charge in [-0.2, -0.15) is 5.10 Å². The number of benzene rings is 1. The van der Waals surface area contributed by atoms with Crippen molar-refractivity contribution in [1.82, 2.24) is 25.0 Å². The molecule has 0 atom stereocenters. The summed E-state index contributed by atoms with van der Waals surface area (Å²) >= 11 is 5.98. The average molecular weight is 384 g/mol. The number of amides is 2. The number of hydrogen-bond acceptors (Lipinski definition) is 3. The van der Waals surface area contributed by atoms with Crippen molar-refractivity contribution in [2.45, 2.75) is 26.9 Å². The third-order valence-electron chi connectivity index (χ3n) is 4.13. The number of nitrogens with one attached hydrogen (secondary N) is 1. The van der Waals surface area contributed by atoms with Crippen LogP contribution in [0.3, 0.4) is 0 Å². The van der Waals surface area contributed by atoms with Crippen LogP contribution in [0, 0.1) is 13.8 Å². The number of aromatic nitrogens is 3. The van der Waals surface area contributed by atoms with Gasteiger partial charge in [0.2, 0.25) is 0 Å². The standard InChI is InChI=1S/C20H22ClN5O/c1-14-9-15(2)26(24-14)19-8-7-17(11-22-19)12-23-20(27)25(3)13-16-5-4-6-18(21)10-16/h4-11H,12-13H2,1-3H3,(H,23,27). The number of halogens is 1. The Morgan fingerprint density at radius 2 is 2.00 bits per heavy atom. The lowest BCUT2D eigenvalue weighted by atomic mass is 10.2.